The number of nitrogens with zero attached hydrogens (tertiary/aromatic N) is 1. The summed E-state index contributed by atoms with van der Waals surface area (Å²) in [5.41, 5.74) is 2.17. The summed E-state index contributed by atoms with van der Waals surface area (Å²) in [6.45, 7) is 0.452. The first-order valence-corrected chi connectivity index (χ1v) is 9.96. The molecule has 0 aliphatic heterocycles. The Morgan fingerprint density at radius 2 is 1.32 bits per heavy atom. The van der Waals surface area contributed by atoms with Crippen molar-refractivity contribution in [1.82, 2.24) is 0 Å². The second-order valence-corrected chi connectivity index (χ2v) is 8.05. The Labute approximate surface area is 150 Å². The molecule has 25 heavy (non-hydrogen) atoms. The van der Waals surface area contributed by atoms with Crippen LogP contribution in [0.1, 0.15) is 11.1 Å². The summed E-state index contributed by atoms with van der Waals surface area (Å²) in [6.07, 6.45) is 3.96. The van der Waals surface area contributed by atoms with Gasteiger partial charge in [0.25, 0.3) is 0 Å². The summed E-state index contributed by atoms with van der Waals surface area (Å²) >= 11 is 0. The first-order chi connectivity index (χ1) is 12.3. The van der Waals surface area contributed by atoms with Gasteiger partial charge in [-0.15, -0.1) is 0 Å². The number of hydrogen-bond acceptors (Lipinski definition) is 2. The SMILES string of the molecule is O=[S@](C/C=C/c1ccccc1)(=NCc1ccccc1)c1ccccc1. The molecule has 0 N–H and O–H groups in total. The Hall–Kier alpha value is -2.65. The summed E-state index contributed by atoms with van der Waals surface area (Å²) in [4.78, 5) is 0.781. The zero-order chi connectivity index (χ0) is 17.4. The van der Waals surface area contributed by atoms with Gasteiger partial charge in [-0.25, -0.2) is 8.57 Å². The van der Waals surface area contributed by atoms with Gasteiger partial charge in [0.2, 0.25) is 0 Å². The Morgan fingerprint density at radius 1 is 0.760 bits per heavy atom. The third-order valence-corrected chi connectivity index (χ3v) is 6.04. The van der Waals surface area contributed by atoms with Crippen molar-refractivity contribution >= 4 is 15.8 Å². The van der Waals surface area contributed by atoms with Gasteiger partial charge in [-0.2, -0.15) is 0 Å². The summed E-state index contributed by atoms with van der Waals surface area (Å²) < 4.78 is 18.1. The van der Waals surface area contributed by atoms with Crippen LogP contribution in [0.2, 0.25) is 0 Å². The lowest BCUT2D eigenvalue weighted by atomic mass is 10.2. The third-order valence-electron chi connectivity index (χ3n) is 3.84. The average Bonchev–Trinajstić information content (AvgIpc) is 2.69. The topological polar surface area (TPSA) is 29.4 Å². The number of benzene rings is 3. The highest BCUT2D eigenvalue weighted by atomic mass is 32.2. The van der Waals surface area contributed by atoms with Crippen LogP contribution in [0, 0.1) is 0 Å². The normalized spacial score (nSPS) is 13.4. The maximum absolute atomic E-state index is 13.5. The number of hydrogen-bond donors (Lipinski definition) is 0. The van der Waals surface area contributed by atoms with Crippen molar-refractivity contribution in [2.75, 3.05) is 5.75 Å². The molecule has 3 aromatic carbocycles. The van der Waals surface area contributed by atoms with Gasteiger partial charge in [-0.3, -0.25) is 0 Å². The van der Waals surface area contributed by atoms with Crippen LogP contribution in [0.5, 0.6) is 0 Å². The molecule has 3 heteroatoms. The molecule has 0 fully saturated rings. The minimum Gasteiger partial charge on any atom is -0.244 e. The van der Waals surface area contributed by atoms with Gasteiger partial charge < -0.3 is 0 Å². The van der Waals surface area contributed by atoms with Gasteiger partial charge in [-0.1, -0.05) is 91.0 Å². The van der Waals surface area contributed by atoms with E-state index in [1.165, 1.54) is 0 Å². The maximum atomic E-state index is 13.5. The van der Waals surface area contributed by atoms with E-state index in [0.717, 1.165) is 16.0 Å². The first kappa shape index (κ1) is 17.2. The van der Waals surface area contributed by atoms with E-state index in [2.05, 4.69) is 4.36 Å². The van der Waals surface area contributed by atoms with Crippen molar-refractivity contribution in [2.45, 2.75) is 11.4 Å². The molecule has 0 amide bonds. The lowest BCUT2D eigenvalue weighted by molar-refractivity contribution is 0.676. The molecule has 126 valence electrons. The van der Waals surface area contributed by atoms with Crippen LogP contribution < -0.4 is 0 Å². The van der Waals surface area contributed by atoms with Crippen molar-refractivity contribution in [3.63, 3.8) is 0 Å². The molecule has 3 rings (SSSR count). The monoisotopic (exact) mass is 347 g/mol. The lowest BCUT2D eigenvalue weighted by Gasteiger charge is -2.09. The van der Waals surface area contributed by atoms with E-state index >= 15 is 0 Å². The Bertz CT molecular complexity index is 926. The second kappa shape index (κ2) is 8.45. The second-order valence-electron chi connectivity index (χ2n) is 5.71. The Morgan fingerprint density at radius 3 is 1.96 bits per heavy atom. The molecule has 0 radical (unpaired) electrons. The minimum absolute atomic E-state index is 0.402. The Balaban J connectivity index is 1.87. The van der Waals surface area contributed by atoms with Crippen LogP contribution in [0.25, 0.3) is 6.08 Å². The van der Waals surface area contributed by atoms with Gasteiger partial charge in [0.05, 0.1) is 22.0 Å². The van der Waals surface area contributed by atoms with Crippen molar-refractivity contribution in [2.24, 2.45) is 4.36 Å². The third kappa shape index (κ3) is 4.91. The molecule has 0 saturated heterocycles. The first-order valence-electron chi connectivity index (χ1n) is 8.27. The molecule has 0 saturated carbocycles. The predicted molar refractivity (Wildman–Crippen MR) is 106 cm³/mol. The minimum atomic E-state index is -2.50. The fourth-order valence-corrected chi connectivity index (χ4v) is 4.24. The van der Waals surface area contributed by atoms with Crippen molar-refractivity contribution in [1.29, 1.82) is 0 Å². The standard InChI is InChI=1S/C22H21NOS/c24-25(22-16-8-3-9-17-22,23-19-21-13-6-2-7-14-21)18-10-15-20-11-4-1-5-12-20/h1-17H,18-19H2/b15-10+/t25-/m0/s1. The van der Waals surface area contributed by atoms with E-state index < -0.39 is 9.73 Å². The van der Waals surface area contributed by atoms with E-state index in [1.807, 2.05) is 103 Å². The quantitative estimate of drug-likeness (QED) is 0.585. The molecule has 0 aliphatic rings. The number of rotatable bonds is 6. The molecule has 0 heterocycles. The zero-order valence-corrected chi connectivity index (χ0v) is 14.8. The highest BCUT2D eigenvalue weighted by Crippen LogP contribution is 2.16. The van der Waals surface area contributed by atoms with Crippen LogP contribution in [-0.2, 0) is 16.3 Å². The van der Waals surface area contributed by atoms with Crippen molar-refractivity contribution < 1.29 is 4.21 Å². The molecule has 0 spiro atoms. The van der Waals surface area contributed by atoms with Gasteiger partial charge in [0.15, 0.2) is 0 Å². The van der Waals surface area contributed by atoms with Crippen LogP contribution in [-0.4, -0.2) is 9.96 Å². The van der Waals surface area contributed by atoms with E-state index in [9.17, 15) is 4.21 Å². The van der Waals surface area contributed by atoms with Crippen LogP contribution in [0.3, 0.4) is 0 Å². The average molecular weight is 347 g/mol. The molecule has 1 atom stereocenters. The molecule has 0 aliphatic carbocycles. The highest BCUT2D eigenvalue weighted by molar-refractivity contribution is 7.93. The Kier molecular flexibility index (Phi) is 5.81. The van der Waals surface area contributed by atoms with Gasteiger partial charge in [-0.05, 0) is 23.3 Å². The van der Waals surface area contributed by atoms with Crippen LogP contribution >= 0.6 is 0 Å². The van der Waals surface area contributed by atoms with Crippen molar-refractivity contribution in [3.8, 4) is 0 Å². The van der Waals surface area contributed by atoms with Crippen molar-refractivity contribution in [3.05, 3.63) is 108 Å². The summed E-state index contributed by atoms with van der Waals surface area (Å²) in [5, 5.41) is 0. The van der Waals surface area contributed by atoms with E-state index in [4.69, 9.17) is 0 Å². The molecule has 0 bridgehead atoms. The molecule has 0 unspecified atom stereocenters. The fraction of sp³-hybridized carbons (Fsp3) is 0.0909. The molecule has 3 aromatic rings. The van der Waals surface area contributed by atoms with E-state index in [1.54, 1.807) is 0 Å². The zero-order valence-electron chi connectivity index (χ0n) is 14.0. The summed E-state index contributed by atoms with van der Waals surface area (Å²) in [5.74, 6) is 0.402. The fourth-order valence-electron chi connectivity index (χ4n) is 2.50. The molecule has 0 aromatic heterocycles. The molecule has 2 nitrogen and oxygen atoms in total. The van der Waals surface area contributed by atoms with E-state index in [-0.39, 0.29) is 0 Å². The highest BCUT2D eigenvalue weighted by Gasteiger charge is 2.10. The van der Waals surface area contributed by atoms with Crippen LogP contribution in [0.15, 0.2) is 106 Å². The smallest absolute Gasteiger partial charge is 0.0791 e. The maximum Gasteiger partial charge on any atom is 0.0791 e. The van der Waals surface area contributed by atoms with Gasteiger partial charge in [0.1, 0.15) is 0 Å². The van der Waals surface area contributed by atoms with Gasteiger partial charge >= 0.3 is 0 Å². The van der Waals surface area contributed by atoms with Crippen LogP contribution in [0.4, 0.5) is 0 Å². The predicted octanol–water partition coefficient (Wildman–Crippen LogP) is 5.43. The van der Waals surface area contributed by atoms with Gasteiger partial charge in [0, 0.05) is 4.90 Å². The summed E-state index contributed by atoms with van der Waals surface area (Å²) in [7, 11) is -2.50. The molecular weight excluding hydrogens is 326 g/mol. The lowest BCUT2D eigenvalue weighted by Crippen LogP contribution is -2.05. The van der Waals surface area contributed by atoms with E-state index in [0.29, 0.717) is 12.3 Å². The largest absolute Gasteiger partial charge is 0.244 e. The molecular formula is C22H21NOS. The summed E-state index contributed by atoms with van der Waals surface area (Å²) in [6, 6.07) is 29.5.